The van der Waals surface area contributed by atoms with E-state index < -0.39 is 52.2 Å². The van der Waals surface area contributed by atoms with Crippen molar-refractivity contribution in [1.29, 1.82) is 5.26 Å². The van der Waals surface area contributed by atoms with Crippen LogP contribution < -0.4 is 4.90 Å². The van der Waals surface area contributed by atoms with Crippen LogP contribution in [-0.4, -0.2) is 72.5 Å². The molecule has 1 aromatic carbocycles. The molecule has 3 amide bonds. The lowest BCUT2D eigenvalue weighted by Gasteiger charge is -2.45. The molecule has 2 bridgehead atoms. The highest BCUT2D eigenvalue weighted by atomic mass is 19.4. The van der Waals surface area contributed by atoms with E-state index in [-0.39, 0.29) is 11.6 Å². The van der Waals surface area contributed by atoms with Crippen molar-refractivity contribution in [1.82, 2.24) is 9.80 Å². The highest BCUT2D eigenvalue weighted by molar-refractivity contribution is 6.23. The largest absolute Gasteiger partial charge is 0.417 e. The molecule has 200 valence electrons. The second-order valence-corrected chi connectivity index (χ2v) is 10.8. The van der Waals surface area contributed by atoms with Gasteiger partial charge >= 0.3 is 6.18 Å². The van der Waals surface area contributed by atoms with Crippen molar-refractivity contribution in [2.24, 2.45) is 11.8 Å². The number of imide groups is 1. The number of alkyl halides is 3. The minimum atomic E-state index is -4.80. The standard InChI is InChI=1S/C26H31F3N4O4/c1-24-14-32(11-7-5-6-8-19(34)31(3)4)15-25(2,37-24)21-20(24)22(35)33(23(21)36)17-10-9-16(13-30)18(12-17)26(27,28)29/h9-10,12,20-21H,5-8,11,14-15H2,1-4H3/t20-,21+,24+,25-. The summed E-state index contributed by atoms with van der Waals surface area (Å²) in [5.41, 5.74) is -3.89. The van der Waals surface area contributed by atoms with E-state index in [2.05, 4.69) is 4.90 Å². The van der Waals surface area contributed by atoms with Crippen molar-refractivity contribution in [3.05, 3.63) is 29.3 Å². The molecule has 0 radical (unpaired) electrons. The van der Waals surface area contributed by atoms with Crippen LogP contribution in [-0.2, 0) is 25.3 Å². The Morgan fingerprint density at radius 1 is 1.11 bits per heavy atom. The molecule has 0 N–H and O–H groups in total. The maximum absolute atomic E-state index is 13.6. The van der Waals surface area contributed by atoms with E-state index in [1.807, 2.05) is 0 Å². The number of halogens is 3. The van der Waals surface area contributed by atoms with E-state index in [4.69, 9.17) is 10.00 Å². The average molecular weight is 521 g/mol. The van der Waals surface area contributed by atoms with Crippen LogP contribution >= 0.6 is 0 Å². The highest BCUT2D eigenvalue weighted by Gasteiger charge is 2.71. The summed E-state index contributed by atoms with van der Waals surface area (Å²) < 4.78 is 46.9. The van der Waals surface area contributed by atoms with E-state index in [1.54, 1.807) is 32.8 Å². The first kappa shape index (κ1) is 27.1. The third-order valence-electron chi connectivity index (χ3n) is 7.71. The number of hydrogen-bond acceptors (Lipinski definition) is 6. The third-order valence-corrected chi connectivity index (χ3v) is 7.71. The topological polar surface area (TPSA) is 93.9 Å². The quantitative estimate of drug-likeness (QED) is 0.405. The lowest BCUT2D eigenvalue weighted by Crippen LogP contribution is -2.58. The highest BCUT2D eigenvalue weighted by Crippen LogP contribution is 2.55. The Hall–Kier alpha value is -2.97. The number of nitrogens with zero attached hydrogens (tertiary/aromatic N) is 4. The molecule has 3 aliphatic heterocycles. The predicted molar refractivity (Wildman–Crippen MR) is 127 cm³/mol. The fraction of sp³-hybridized carbons (Fsp3) is 0.615. The number of likely N-dealkylation sites (tertiary alicyclic amines) is 1. The van der Waals surface area contributed by atoms with Crippen molar-refractivity contribution in [2.45, 2.75) is 56.9 Å². The number of carbonyl (C=O) groups excluding carboxylic acids is 3. The minimum Gasteiger partial charge on any atom is -0.365 e. The van der Waals surface area contributed by atoms with Gasteiger partial charge in [0.25, 0.3) is 0 Å². The average Bonchev–Trinajstić information content (AvgIpc) is 3.17. The molecule has 4 rings (SSSR count). The summed E-state index contributed by atoms with van der Waals surface area (Å²) in [7, 11) is 3.45. The Morgan fingerprint density at radius 2 is 1.70 bits per heavy atom. The number of fused-ring (bicyclic) bond motifs is 5. The summed E-state index contributed by atoms with van der Waals surface area (Å²) in [5.74, 6) is -2.72. The molecule has 3 saturated heterocycles. The van der Waals surface area contributed by atoms with Gasteiger partial charge in [-0.3, -0.25) is 19.3 Å². The van der Waals surface area contributed by atoms with Crippen molar-refractivity contribution >= 4 is 23.4 Å². The smallest absolute Gasteiger partial charge is 0.365 e. The fourth-order valence-corrected chi connectivity index (χ4v) is 6.19. The van der Waals surface area contributed by atoms with Gasteiger partial charge in [0.15, 0.2) is 0 Å². The molecular weight excluding hydrogens is 489 g/mol. The van der Waals surface area contributed by atoms with Gasteiger partial charge in [-0.05, 0) is 51.4 Å². The van der Waals surface area contributed by atoms with Gasteiger partial charge in [0.2, 0.25) is 17.7 Å². The lowest BCUT2D eigenvalue weighted by atomic mass is 9.79. The van der Waals surface area contributed by atoms with E-state index >= 15 is 0 Å². The first-order valence-corrected chi connectivity index (χ1v) is 12.3. The molecule has 0 aliphatic carbocycles. The number of amides is 3. The molecule has 3 fully saturated rings. The summed E-state index contributed by atoms with van der Waals surface area (Å²) >= 11 is 0. The van der Waals surface area contributed by atoms with E-state index in [9.17, 15) is 27.6 Å². The van der Waals surface area contributed by atoms with E-state index in [0.29, 0.717) is 25.6 Å². The summed E-state index contributed by atoms with van der Waals surface area (Å²) in [5, 5.41) is 9.08. The summed E-state index contributed by atoms with van der Waals surface area (Å²) in [6, 6.07) is 4.41. The zero-order chi connectivity index (χ0) is 27.3. The fourth-order valence-electron chi connectivity index (χ4n) is 6.19. The van der Waals surface area contributed by atoms with Crippen LogP contribution in [0, 0.1) is 23.2 Å². The Labute approximate surface area is 213 Å². The number of morpholine rings is 1. The number of hydrogen-bond donors (Lipinski definition) is 0. The van der Waals surface area contributed by atoms with Crippen molar-refractivity contribution in [2.75, 3.05) is 38.6 Å². The van der Waals surface area contributed by atoms with Crippen LogP contribution in [0.5, 0.6) is 0 Å². The molecular formula is C26H31F3N4O4. The molecule has 3 aliphatic rings. The monoisotopic (exact) mass is 520 g/mol. The number of anilines is 1. The van der Waals surface area contributed by atoms with Gasteiger partial charge < -0.3 is 9.64 Å². The number of unbranched alkanes of at least 4 members (excludes halogenated alkanes) is 2. The Morgan fingerprint density at radius 3 is 2.22 bits per heavy atom. The molecule has 0 unspecified atom stereocenters. The van der Waals surface area contributed by atoms with Gasteiger partial charge in [0.05, 0.1) is 45.9 Å². The molecule has 4 atom stereocenters. The Kier molecular flexibility index (Phi) is 6.88. The van der Waals surface area contributed by atoms with Crippen LogP contribution in [0.25, 0.3) is 0 Å². The normalized spacial score (nSPS) is 29.4. The van der Waals surface area contributed by atoms with Crippen molar-refractivity contribution in [3.8, 4) is 6.07 Å². The molecule has 0 spiro atoms. The van der Waals surface area contributed by atoms with Gasteiger partial charge in [-0.15, -0.1) is 0 Å². The molecule has 11 heteroatoms. The molecule has 0 saturated carbocycles. The second-order valence-electron chi connectivity index (χ2n) is 10.8. The number of rotatable bonds is 7. The molecule has 8 nitrogen and oxygen atoms in total. The summed E-state index contributed by atoms with van der Waals surface area (Å²) in [6.45, 7) is 5.11. The number of benzene rings is 1. The summed E-state index contributed by atoms with van der Waals surface area (Å²) in [6.07, 6.45) is -1.83. The van der Waals surface area contributed by atoms with Gasteiger partial charge in [0, 0.05) is 33.6 Å². The minimum absolute atomic E-state index is 0.0865. The van der Waals surface area contributed by atoms with Gasteiger partial charge in [-0.25, -0.2) is 4.90 Å². The van der Waals surface area contributed by atoms with Gasteiger partial charge in [-0.1, -0.05) is 6.42 Å². The first-order valence-electron chi connectivity index (χ1n) is 12.3. The number of carbonyl (C=O) groups is 3. The van der Waals surface area contributed by atoms with Crippen LogP contribution in [0.1, 0.15) is 50.7 Å². The lowest BCUT2D eigenvalue weighted by molar-refractivity contribution is -0.169. The molecule has 37 heavy (non-hydrogen) atoms. The first-order chi connectivity index (χ1) is 17.2. The second kappa shape index (κ2) is 9.40. The van der Waals surface area contributed by atoms with Crippen molar-refractivity contribution < 1.29 is 32.3 Å². The van der Waals surface area contributed by atoms with Crippen LogP contribution in [0.2, 0.25) is 0 Å². The Bertz CT molecular complexity index is 1130. The van der Waals surface area contributed by atoms with Crippen LogP contribution in [0.3, 0.4) is 0 Å². The maximum Gasteiger partial charge on any atom is 0.417 e. The van der Waals surface area contributed by atoms with Crippen LogP contribution in [0.4, 0.5) is 18.9 Å². The van der Waals surface area contributed by atoms with Gasteiger partial charge in [-0.2, -0.15) is 18.4 Å². The zero-order valence-electron chi connectivity index (χ0n) is 21.4. The maximum atomic E-state index is 13.6. The SMILES string of the molecule is CN(C)C(=O)CCCCCN1C[C@@]2(C)O[C@@](C)(C1)[C@H]1C(=O)N(c3ccc(C#N)c(C(F)(F)F)c3)C(=O)[C@H]12. The molecule has 1 aromatic rings. The van der Waals surface area contributed by atoms with E-state index in [1.165, 1.54) is 12.1 Å². The Balaban J connectivity index is 1.50. The zero-order valence-corrected chi connectivity index (χ0v) is 21.4. The predicted octanol–water partition coefficient (Wildman–Crippen LogP) is 3.19. The molecule has 0 aromatic heterocycles. The van der Waals surface area contributed by atoms with Crippen LogP contribution in [0.15, 0.2) is 18.2 Å². The van der Waals surface area contributed by atoms with Crippen molar-refractivity contribution in [3.63, 3.8) is 0 Å². The third kappa shape index (κ3) is 4.73. The summed E-state index contributed by atoms with van der Waals surface area (Å²) in [4.78, 5) is 43.4. The molecule has 3 heterocycles. The number of ether oxygens (including phenoxy) is 1. The van der Waals surface area contributed by atoms with Gasteiger partial charge in [0.1, 0.15) is 0 Å². The number of nitriles is 1. The van der Waals surface area contributed by atoms with E-state index in [0.717, 1.165) is 36.8 Å².